The maximum atomic E-state index is 12.2. The van der Waals surface area contributed by atoms with Crippen LogP contribution in [-0.4, -0.2) is 33.0 Å². The average Bonchev–Trinajstić information content (AvgIpc) is 2.37. The molecule has 1 atom stereocenters. The van der Waals surface area contributed by atoms with Gasteiger partial charge >= 0.3 is 0 Å². The molecule has 1 N–H and O–H groups in total. The largest absolute Gasteiger partial charge is 0.486 e. The van der Waals surface area contributed by atoms with E-state index in [1.54, 1.807) is 6.07 Å². The van der Waals surface area contributed by atoms with Gasteiger partial charge in [-0.15, -0.1) is 0 Å². The molecular formula is C12H16BrNO4S. The van der Waals surface area contributed by atoms with Crippen molar-refractivity contribution in [3.8, 4) is 11.5 Å². The zero-order valence-corrected chi connectivity index (χ0v) is 13.0. The molecule has 2 rings (SSSR count). The minimum Gasteiger partial charge on any atom is -0.486 e. The molecule has 0 amide bonds. The van der Waals surface area contributed by atoms with E-state index in [2.05, 4.69) is 20.7 Å². The Bertz CT molecular complexity index is 547. The zero-order valence-electron chi connectivity index (χ0n) is 10.6. The van der Waals surface area contributed by atoms with E-state index in [-0.39, 0.29) is 10.9 Å². The molecule has 106 valence electrons. The summed E-state index contributed by atoms with van der Waals surface area (Å²) in [7, 11) is -3.52. The second-order valence-electron chi connectivity index (χ2n) is 4.31. The first-order valence-corrected chi connectivity index (χ1v) is 8.61. The molecule has 1 aromatic carbocycles. The summed E-state index contributed by atoms with van der Waals surface area (Å²) in [6.45, 7) is 2.75. The predicted octanol–water partition coefficient (Wildman–Crippen LogP) is 1.91. The highest BCUT2D eigenvalue weighted by Crippen LogP contribution is 2.32. The summed E-state index contributed by atoms with van der Waals surface area (Å²) in [5, 5.41) is 0.748. The fourth-order valence-corrected chi connectivity index (χ4v) is 3.73. The van der Waals surface area contributed by atoms with Crippen LogP contribution in [0.5, 0.6) is 11.5 Å². The molecule has 1 aromatic rings. The number of ether oxygens (including phenoxy) is 2. The number of benzene rings is 1. The van der Waals surface area contributed by atoms with E-state index < -0.39 is 10.0 Å². The maximum absolute atomic E-state index is 12.2. The highest BCUT2D eigenvalue weighted by Gasteiger charge is 2.20. The quantitative estimate of drug-likeness (QED) is 0.824. The number of alkyl halides is 1. The van der Waals surface area contributed by atoms with Crippen LogP contribution in [-0.2, 0) is 10.0 Å². The molecule has 19 heavy (non-hydrogen) atoms. The van der Waals surface area contributed by atoms with Crippen molar-refractivity contribution in [3.63, 3.8) is 0 Å². The Hall–Kier alpha value is -0.790. The Balaban J connectivity index is 2.21. The van der Waals surface area contributed by atoms with Crippen LogP contribution in [0.2, 0.25) is 0 Å². The van der Waals surface area contributed by atoms with Gasteiger partial charge in [-0.2, -0.15) is 0 Å². The second-order valence-corrected chi connectivity index (χ2v) is 6.81. The summed E-state index contributed by atoms with van der Waals surface area (Å²) in [5.74, 6) is 1.06. The molecule has 1 heterocycles. The van der Waals surface area contributed by atoms with Gasteiger partial charge in [0.1, 0.15) is 13.2 Å². The molecular weight excluding hydrogens is 334 g/mol. The highest BCUT2D eigenvalue weighted by molar-refractivity contribution is 9.09. The fraction of sp³-hybridized carbons (Fsp3) is 0.500. The minimum absolute atomic E-state index is 0.127. The average molecular weight is 350 g/mol. The van der Waals surface area contributed by atoms with E-state index in [1.807, 2.05) is 6.92 Å². The maximum Gasteiger partial charge on any atom is 0.240 e. The number of halogens is 1. The minimum atomic E-state index is -3.52. The third kappa shape index (κ3) is 3.61. The molecule has 1 aliphatic rings. The van der Waals surface area contributed by atoms with Gasteiger partial charge in [-0.1, -0.05) is 15.9 Å². The Labute approximate surface area is 121 Å². The van der Waals surface area contributed by atoms with Gasteiger partial charge in [-0.3, -0.25) is 0 Å². The Morgan fingerprint density at radius 1 is 1.32 bits per heavy atom. The number of hydrogen-bond donors (Lipinski definition) is 1. The smallest absolute Gasteiger partial charge is 0.240 e. The van der Waals surface area contributed by atoms with Crippen LogP contribution >= 0.6 is 15.9 Å². The van der Waals surface area contributed by atoms with Gasteiger partial charge in [0.2, 0.25) is 10.0 Å². The Morgan fingerprint density at radius 3 is 2.68 bits per heavy atom. The number of rotatable bonds is 5. The lowest BCUT2D eigenvalue weighted by molar-refractivity contribution is 0.171. The van der Waals surface area contributed by atoms with Gasteiger partial charge in [-0.25, -0.2) is 13.1 Å². The normalized spacial score (nSPS) is 16.1. The molecule has 0 aromatic heterocycles. The van der Waals surface area contributed by atoms with Crippen LogP contribution < -0.4 is 14.2 Å². The van der Waals surface area contributed by atoms with Gasteiger partial charge in [0.05, 0.1) is 4.90 Å². The third-order valence-electron chi connectivity index (χ3n) is 2.72. The van der Waals surface area contributed by atoms with Crippen LogP contribution in [0, 0.1) is 0 Å². The summed E-state index contributed by atoms with van der Waals surface area (Å²) in [6.07, 6.45) is 0.726. The van der Waals surface area contributed by atoms with Crippen LogP contribution in [0.1, 0.15) is 13.3 Å². The Kier molecular flexibility index (Phi) is 4.70. The molecule has 0 aliphatic carbocycles. The monoisotopic (exact) mass is 349 g/mol. The summed E-state index contributed by atoms with van der Waals surface area (Å²) in [5.41, 5.74) is 0. The number of hydrogen-bond acceptors (Lipinski definition) is 4. The molecule has 1 aliphatic heterocycles. The lowest BCUT2D eigenvalue weighted by Gasteiger charge is -2.19. The summed E-state index contributed by atoms with van der Waals surface area (Å²) >= 11 is 3.29. The molecule has 0 fully saturated rings. The second kappa shape index (κ2) is 6.11. The van der Waals surface area contributed by atoms with Gasteiger partial charge in [0.25, 0.3) is 0 Å². The van der Waals surface area contributed by atoms with Crippen molar-refractivity contribution >= 4 is 26.0 Å². The third-order valence-corrected chi connectivity index (χ3v) is 4.77. The van der Waals surface area contributed by atoms with Crippen molar-refractivity contribution < 1.29 is 17.9 Å². The predicted molar refractivity (Wildman–Crippen MR) is 75.6 cm³/mol. The first kappa shape index (κ1) is 14.6. The van der Waals surface area contributed by atoms with Gasteiger partial charge in [-0.05, 0) is 25.5 Å². The first-order valence-electron chi connectivity index (χ1n) is 6.01. The zero-order chi connectivity index (χ0) is 13.9. The molecule has 0 bridgehead atoms. The molecule has 0 radical (unpaired) electrons. The van der Waals surface area contributed by atoms with E-state index in [0.717, 1.165) is 11.8 Å². The lowest BCUT2D eigenvalue weighted by Crippen LogP contribution is -2.32. The molecule has 0 saturated carbocycles. The molecule has 1 unspecified atom stereocenters. The molecule has 5 nitrogen and oxygen atoms in total. The standard InChI is InChI=1S/C12H16BrNO4S/c1-9(4-5-13)14-19(15,16)10-2-3-11-12(8-10)18-7-6-17-11/h2-3,8-9,14H,4-7H2,1H3. The van der Waals surface area contributed by atoms with Gasteiger partial charge in [0, 0.05) is 17.4 Å². The molecule has 0 spiro atoms. The van der Waals surface area contributed by atoms with E-state index in [9.17, 15) is 8.42 Å². The van der Waals surface area contributed by atoms with Crippen molar-refractivity contribution in [1.29, 1.82) is 0 Å². The summed E-state index contributed by atoms with van der Waals surface area (Å²) < 4.78 is 37.7. The van der Waals surface area contributed by atoms with Crippen molar-refractivity contribution in [1.82, 2.24) is 4.72 Å². The van der Waals surface area contributed by atoms with Gasteiger partial charge < -0.3 is 9.47 Å². The van der Waals surface area contributed by atoms with Crippen molar-refractivity contribution in [2.75, 3.05) is 18.5 Å². The van der Waals surface area contributed by atoms with E-state index >= 15 is 0 Å². The number of nitrogens with one attached hydrogen (secondary N) is 1. The number of fused-ring (bicyclic) bond motifs is 1. The van der Waals surface area contributed by atoms with Crippen LogP contribution in [0.4, 0.5) is 0 Å². The summed E-state index contributed by atoms with van der Waals surface area (Å²) in [4.78, 5) is 0.193. The van der Waals surface area contributed by atoms with E-state index in [0.29, 0.717) is 24.7 Å². The molecule has 7 heteroatoms. The van der Waals surface area contributed by atoms with Crippen molar-refractivity contribution in [2.24, 2.45) is 0 Å². The number of sulfonamides is 1. The van der Waals surface area contributed by atoms with Crippen LogP contribution in [0.15, 0.2) is 23.1 Å². The highest BCUT2D eigenvalue weighted by atomic mass is 79.9. The SMILES string of the molecule is CC(CCBr)NS(=O)(=O)c1ccc2c(c1)OCCO2. The fourth-order valence-electron chi connectivity index (χ4n) is 1.75. The van der Waals surface area contributed by atoms with E-state index in [4.69, 9.17) is 9.47 Å². The van der Waals surface area contributed by atoms with Crippen molar-refractivity contribution in [2.45, 2.75) is 24.3 Å². The molecule has 0 saturated heterocycles. The van der Waals surface area contributed by atoms with Crippen LogP contribution in [0.25, 0.3) is 0 Å². The van der Waals surface area contributed by atoms with Crippen LogP contribution in [0.3, 0.4) is 0 Å². The Morgan fingerprint density at radius 2 is 2.00 bits per heavy atom. The van der Waals surface area contributed by atoms with Gasteiger partial charge in [0.15, 0.2) is 11.5 Å². The van der Waals surface area contributed by atoms with Crippen molar-refractivity contribution in [3.05, 3.63) is 18.2 Å². The topological polar surface area (TPSA) is 64.6 Å². The lowest BCUT2D eigenvalue weighted by atomic mass is 10.3. The summed E-state index contributed by atoms with van der Waals surface area (Å²) in [6, 6.07) is 4.52. The van der Waals surface area contributed by atoms with E-state index in [1.165, 1.54) is 12.1 Å². The first-order chi connectivity index (χ1) is 9.03.